The van der Waals surface area contributed by atoms with Crippen LogP contribution in [0.15, 0.2) is 24.3 Å². The lowest BCUT2D eigenvalue weighted by Gasteiger charge is -2.19. The molecule has 1 N–H and O–H groups in total. The molecule has 8 heteroatoms. The van der Waals surface area contributed by atoms with E-state index in [4.69, 9.17) is 0 Å². The van der Waals surface area contributed by atoms with Crippen molar-refractivity contribution in [1.29, 1.82) is 0 Å². The molecule has 0 atom stereocenters. The molecule has 0 spiro atoms. The summed E-state index contributed by atoms with van der Waals surface area (Å²) in [4.78, 5) is 17.3. The second-order valence-electron chi connectivity index (χ2n) is 6.56. The number of hydrogen-bond donors (Lipinski definition) is 1. The minimum absolute atomic E-state index is 0.344. The fourth-order valence-electron chi connectivity index (χ4n) is 3.10. The van der Waals surface area contributed by atoms with Gasteiger partial charge in [-0.3, -0.25) is 9.10 Å². The maximum absolute atomic E-state index is 12.7. The van der Waals surface area contributed by atoms with Gasteiger partial charge in [-0.05, 0) is 43.7 Å². The Morgan fingerprint density at radius 3 is 2.88 bits per heavy atom. The van der Waals surface area contributed by atoms with Gasteiger partial charge in [-0.15, -0.1) is 11.3 Å². The summed E-state index contributed by atoms with van der Waals surface area (Å²) < 4.78 is 28.8. The summed E-state index contributed by atoms with van der Waals surface area (Å²) >= 11 is 1.30. The van der Waals surface area contributed by atoms with E-state index in [0.29, 0.717) is 35.1 Å². The third-order valence-corrected chi connectivity index (χ3v) is 7.15. The number of thiazole rings is 1. The molecular weight excluding hydrogens is 358 g/mol. The van der Waals surface area contributed by atoms with E-state index in [1.54, 1.807) is 19.1 Å². The molecule has 1 aliphatic carbocycles. The van der Waals surface area contributed by atoms with Crippen molar-refractivity contribution in [2.45, 2.75) is 32.6 Å². The van der Waals surface area contributed by atoms with E-state index in [-0.39, 0.29) is 0 Å². The Hall–Kier alpha value is -1.93. The monoisotopic (exact) mass is 377 g/mol. The molecule has 1 saturated carbocycles. The Morgan fingerprint density at radius 1 is 1.36 bits per heavy atom. The molecule has 1 fully saturated rings. The summed E-state index contributed by atoms with van der Waals surface area (Å²) in [7, 11) is -3.93. The summed E-state index contributed by atoms with van der Waals surface area (Å²) in [6.45, 7) is 2.09. The Balaban J connectivity index is 1.53. The van der Waals surface area contributed by atoms with Crippen molar-refractivity contribution in [1.82, 2.24) is 9.71 Å². The van der Waals surface area contributed by atoms with Crippen LogP contribution in [0.5, 0.6) is 0 Å². The smallest absolute Gasteiger partial charge is 0.267 e. The molecular formula is C17H19N3O3S2. The van der Waals surface area contributed by atoms with Gasteiger partial charge < -0.3 is 0 Å². The first kappa shape index (κ1) is 16.5. The molecule has 2 aliphatic rings. The van der Waals surface area contributed by atoms with Crippen molar-refractivity contribution in [3.05, 3.63) is 45.4 Å². The molecule has 0 bridgehead atoms. The van der Waals surface area contributed by atoms with Gasteiger partial charge in [0.25, 0.3) is 5.91 Å². The number of carbonyl (C=O) groups is 1. The number of nitrogens with one attached hydrogen (secondary N) is 1. The first-order valence-corrected chi connectivity index (χ1v) is 10.6. The number of rotatable bonds is 5. The number of benzene rings is 1. The van der Waals surface area contributed by atoms with Crippen molar-refractivity contribution in [2.75, 3.05) is 10.8 Å². The minimum atomic E-state index is -3.93. The summed E-state index contributed by atoms with van der Waals surface area (Å²) in [6, 6.07) is 7.35. The van der Waals surface area contributed by atoms with Crippen LogP contribution >= 0.6 is 11.3 Å². The number of hydrogen-bond acceptors (Lipinski definition) is 5. The number of carbonyl (C=O) groups excluding carboxylic acids is 1. The molecule has 2 heterocycles. The lowest BCUT2D eigenvalue weighted by atomic mass is 10.2. The predicted octanol–water partition coefficient (Wildman–Crippen LogP) is 2.44. The van der Waals surface area contributed by atoms with Crippen molar-refractivity contribution in [3.8, 4) is 0 Å². The number of aromatic nitrogens is 1. The summed E-state index contributed by atoms with van der Waals surface area (Å²) in [6.07, 6.45) is 3.95. The number of para-hydroxylation sites is 1. The zero-order chi connectivity index (χ0) is 17.6. The average Bonchev–Trinajstić information content (AvgIpc) is 3.13. The Bertz CT molecular complexity index is 932. The second kappa shape index (κ2) is 6.10. The lowest BCUT2D eigenvalue weighted by molar-refractivity contribution is 0.0984. The summed E-state index contributed by atoms with van der Waals surface area (Å²) in [5, 5.41) is 0.911. The van der Waals surface area contributed by atoms with E-state index < -0.39 is 16.1 Å². The fourth-order valence-corrected chi connectivity index (χ4v) is 5.45. The molecule has 1 aromatic carbocycles. The molecule has 1 aliphatic heterocycles. The average molecular weight is 377 g/mol. The van der Waals surface area contributed by atoms with Crippen LogP contribution in [0, 0.1) is 12.8 Å². The highest BCUT2D eigenvalue weighted by Crippen LogP contribution is 2.34. The van der Waals surface area contributed by atoms with Gasteiger partial charge in [-0.1, -0.05) is 18.2 Å². The Morgan fingerprint density at radius 2 is 2.12 bits per heavy atom. The van der Waals surface area contributed by atoms with Crippen molar-refractivity contribution >= 4 is 33.1 Å². The van der Waals surface area contributed by atoms with Crippen LogP contribution in [-0.4, -0.2) is 25.9 Å². The third-order valence-electron chi connectivity index (χ3n) is 4.56. The van der Waals surface area contributed by atoms with Crippen molar-refractivity contribution < 1.29 is 13.2 Å². The number of amides is 1. The van der Waals surface area contributed by atoms with E-state index in [1.807, 2.05) is 12.1 Å². The van der Waals surface area contributed by atoms with Crippen LogP contribution in [0.4, 0.5) is 5.69 Å². The van der Waals surface area contributed by atoms with E-state index >= 15 is 0 Å². The number of aryl methyl sites for hydroxylation is 1. The molecule has 1 aromatic heterocycles. The van der Waals surface area contributed by atoms with Gasteiger partial charge in [0.15, 0.2) is 0 Å². The molecule has 0 saturated heterocycles. The highest BCUT2D eigenvalue weighted by Gasteiger charge is 2.32. The first-order chi connectivity index (χ1) is 11.9. The molecule has 0 radical (unpaired) electrons. The van der Waals surface area contributed by atoms with Crippen LogP contribution in [0.2, 0.25) is 0 Å². The van der Waals surface area contributed by atoms with Gasteiger partial charge in [-0.2, -0.15) is 8.42 Å². The molecule has 25 heavy (non-hydrogen) atoms. The normalized spacial score (nSPS) is 16.8. The van der Waals surface area contributed by atoms with E-state index in [1.165, 1.54) is 28.5 Å². The summed E-state index contributed by atoms with van der Waals surface area (Å²) in [5.41, 5.74) is 2.20. The van der Waals surface area contributed by atoms with Gasteiger partial charge >= 0.3 is 10.2 Å². The molecule has 132 valence electrons. The van der Waals surface area contributed by atoms with Gasteiger partial charge in [0.2, 0.25) is 0 Å². The highest BCUT2D eigenvalue weighted by atomic mass is 32.2. The zero-order valence-electron chi connectivity index (χ0n) is 13.9. The fraction of sp³-hybridized carbons (Fsp3) is 0.412. The number of anilines is 1. The van der Waals surface area contributed by atoms with Crippen LogP contribution in [0.3, 0.4) is 0 Å². The van der Waals surface area contributed by atoms with Crippen molar-refractivity contribution in [2.24, 2.45) is 5.92 Å². The number of fused-ring (bicyclic) bond motifs is 1. The second-order valence-corrected chi connectivity index (χ2v) is 9.24. The maximum Gasteiger partial charge on any atom is 0.326 e. The third kappa shape index (κ3) is 3.28. The highest BCUT2D eigenvalue weighted by molar-refractivity contribution is 7.91. The molecule has 1 amide bonds. The molecule has 6 nitrogen and oxygen atoms in total. The van der Waals surface area contributed by atoms with E-state index in [0.717, 1.165) is 17.0 Å². The van der Waals surface area contributed by atoms with Crippen LogP contribution in [0.1, 0.15) is 38.8 Å². The SMILES string of the molecule is Cc1nc(CC2CC2)sc1C(=O)NS(=O)(=O)N1CCc2ccccc21. The predicted molar refractivity (Wildman–Crippen MR) is 97.2 cm³/mol. The molecule has 2 aromatic rings. The van der Waals surface area contributed by atoms with Crippen LogP contribution in [0.25, 0.3) is 0 Å². The Kier molecular flexibility index (Phi) is 4.04. The van der Waals surface area contributed by atoms with Gasteiger partial charge in [0.05, 0.1) is 16.4 Å². The first-order valence-electron chi connectivity index (χ1n) is 8.33. The van der Waals surface area contributed by atoms with E-state index in [9.17, 15) is 13.2 Å². The van der Waals surface area contributed by atoms with Crippen LogP contribution < -0.4 is 9.03 Å². The largest absolute Gasteiger partial charge is 0.326 e. The van der Waals surface area contributed by atoms with Gasteiger partial charge in [0, 0.05) is 13.0 Å². The molecule has 4 rings (SSSR count). The quantitative estimate of drug-likeness (QED) is 0.868. The topological polar surface area (TPSA) is 79.4 Å². The van der Waals surface area contributed by atoms with E-state index in [2.05, 4.69) is 9.71 Å². The Labute approximate surface area is 151 Å². The van der Waals surface area contributed by atoms with Gasteiger partial charge in [-0.25, -0.2) is 9.71 Å². The standard InChI is InChI=1S/C17H19N3O3S2/c1-11-16(24-15(18-11)10-12-6-7-12)17(21)19-25(22,23)20-9-8-13-4-2-3-5-14(13)20/h2-5,12H,6-10H2,1H3,(H,19,21). The zero-order valence-corrected chi connectivity index (χ0v) is 15.5. The van der Waals surface area contributed by atoms with Gasteiger partial charge in [0.1, 0.15) is 4.88 Å². The lowest BCUT2D eigenvalue weighted by Crippen LogP contribution is -2.42. The maximum atomic E-state index is 12.7. The minimum Gasteiger partial charge on any atom is -0.267 e. The number of nitrogens with zero attached hydrogens (tertiary/aromatic N) is 2. The van der Waals surface area contributed by atoms with Crippen molar-refractivity contribution in [3.63, 3.8) is 0 Å². The summed E-state index contributed by atoms with van der Waals surface area (Å²) in [5.74, 6) is 0.0766. The van der Waals surface area contributed by atoms with Crippen LogP contribution in [-0.2, 0) is 23.1 Å². The molecule has 0 unspecified atom stereocenters.